The highest BCUT2D eigenvalue weighted by atomic mass is 16.3. The van der Waals surface area contributed by atoms with Gasteiger partial charge in [0.1, 0.15) is 11.2 Å². The van der Waals surface area contributed by atoms with Gasteiger partial charge in [0.15, 0.2) is 0 Å². The Morgan fingerprint density at radius 1 is 0.245 bits per heavy atom. The molecule has 0 bridgehead atoms. The van der Waals surface area contributed by atoms with Gasteiger partial charge in [-0.25, -0.2) is 0 Å². The highest BCUT2D eigenvalue weighted by molar-refractivity contribution is 6.39. The van der Waals surface area contributed by atoms with E-state index in [1.165, 1.54) is 86.9 Å². The number of rotatable bonds is 2. The molecule has 0 aliphatic carbocycles. The minimum Gasteiger partial charge on any atom is -0.456 e. The third kappa shape index (κ3) is 3.87. The van der Waals surface area contributed by atoms with Crippen molar-refractivity contribution in [3.8, 4) is 22.3 Å². The Kier molecular flexibility index (Phi) is 5.45. The normalized spacial score (nSPS) is 12.1. The van der Waals surface area contributed by atoms with Crippen molar-refractivity contribution in [1.82, 2.24) is 0 Å². The molecule has 11 aromatic rings. The Morgan fingerprint density at radius 3 is 1.24 bits per heavy atom. The zero-order valence-electron chi connectivity index (χ0n) is 26.6. The van der Waals surface area contributed by atoms with Gasteiger partial charge in [0.2, 0.25) is 0 Å². The second kappa shape index (κ2) is 10.0. The molecule has 11 rings (SSSR count). The summed E-state index contributed by atoms with van der Waals surface area (Å²) in [6, 6.07) is 62.1. The summed E-state index contributed by atoms with van der Waals surface area (Å²) in [7, 11) is 0. The summed E-state index contributed by atoms with van der Waals surface area (Å²) >= 11 is 0. The molecule has 1 heteroatoms. The number of benzene rings is 10. The minimum absolute atomic E-state index is 0.919. The van der Waals surface area contributed by atoms with Crippen LogP contribution in [0.1, 0.15) is 0 Å². The van der Waals surface area contributed by atoms with Crippen LogP contribution < -0.4 is 0 Å². The molecule has 0 spiro atoms. The molecule has 1 heterocycles. The topological polar surface area (TPSA) is 13.1 Å². The molecule has 10 aromatic carbocycles. The van der Waals surface area contributed by atoms with E-state index in [0.29, 0.717) is 0 Å². The van der Waals surface area contributed by atoms with E-state index in [0.717, 1.165) is 21.9 Å². The van der Waals surface area contributed by atoms with Crippen molar-refractivity contribution in [2.75, 3.05) is 0 Å². The van der Waals surface area contributed by atoms with Crippen LogP contribution in [-0.2, 0) is 0 Å². The van der Waals surface area contributed by atoms with Crippen LogP contribution in [0.25, 0.3) is 109 Å². The molecule has 0 saturated carbocycles. The quantitative estimate of drug-likeness (QED) is 0.175. The summed E-state index contributed by atoms with van der Waals surface area (Å²) in [4.78, 5) is 0. The van der Waals surface area contributed by atoms with E-state index in [1.54, 1.807) is 0 Å². The Balaban J connectivity index is 1.07. The Labute approximate surface area is 282 Å². The average molecular weight is 621 g/mol. The maximum atomic E-state index is 6.27. The van der Waals surface area contributed by atoms with E-state index >= 15 is 0 Å². The molecule has 1 nitrogen and oxygen atoms in total. The number of hydrogen-bond acceptors (Lipinski definition) is 1. The molecular formula is C48H28O. The lowest BCUT2D eigenvalue weighted by atomic mass is 9.86. The van der Waals surface area contributed by atoms with E-state index in [1.807, 2.05) is 0 Å². The second-order valence-corrected chi connectivity index (χ2v) is 13.2. The van der Waals surface area contributed by atoms with Crippen LogP contribution in [0.3, 0.4) is 0 Å². The van der Waals surface area contributed by atoms with Gasteiger partial charge in [0.05, 0.1) is 0 Å². The van der Waals surface area contributed by atoms with Gasteiger partial charge in [-0.1, -0.05) is 140 Å². The number of hydrogen-bond donors (Lipinski definition) is 0. The summed E-state index contributed by atoms with van der Waals surface area (Å²) in [6.07, 6.45) is 0. The molecular weight excluding hydrogens is 593 g/mol. The van der Waals surface area contributed by atoms with Crippen molar-refractivity contribution in [1.29, 1.82) is 0 Å². The van der Waals surface area contributed by atoms with Crippen LogP contribution in [0, 0.1) is 0 Å². The lowest BCUT2D eigenvalue weighted by molar-refractivity contribution is 0.669. The first kappa shape index (κ1) is 26.6. The molecule has 0 N–H and O–H groups in total. The van der Waals surface area contributed by atoms with Crippen LogP contribution in [0.4, 0.5) is 0 Å². The minimum atomic E-state index is 0.919. The van der Waals surface area contributed by atoms with E-state index in [-0.39, 0.29) is 0 Å². The maximum Gasteiger partial charge on any atom is 0.136 e. The van der Waals surface area contributed by atoms with Crippen molar-refractivity contribution < 1.29 is 4.42 Å². The van der Waals surface area contributed by atoms with Gasteiger partial charge in [-0.05, 0) is 117 Å². The SMILES string of the molecule is c1ccc2cc3c(cc2c1)oc1ccc(-c2ccc(-c4ccc5c(c4)c4ccccc4c4c6ccccc6c6ccccc6c54)cc2)cc13. The zero-order chi connectivity index (χ0) is 32.1. The van der Waals surface area contributed by atoms with Gasteiger partial charge < -0.3 is 4.42 Å². The summed E-state index contributed by atoms with van der Waals surface area (Å²) in [5.74, 6) is 0. The number of furan rings is 1. The van der Waals surface area contributed by atoms with Crippen molar-refractivity contribution in [2.45, 2.75) is 0 Å². The smallest absolute Gasteiger partial charge is 0.136 e. The fourth-order valence-corrected chi connectivity index (χ4v) is 8.30. The molecule has 0 amide bonds. The van der Waals surface area contributed by atoms with Gasteiger partial charge in [0, 0.05) is 10.8 Å². The van der Waals surface area contributed by atoms with E-state index in [2.05, 4.69) is 170 Å². The molecule has 0 atom stereocenters. The highest BCUT2D eigenvalue weighted by Crippen LogP contribution is 2.44. The monoisotopic (exact) mass is 620 g/mol. The largest absolute Gasteiger partial charge is 0.456 e. The number of fused-ring (bicyclic) bond motifs is 15. The van der Waals surface area contributed by atoms with Crippen LogP contribution >= 0.6 is 0 Å². The Bertz CT molecular complexity index is 3140. The lowest BCUT2D eigenvalue weighted by Crippen LogP contribution is -1.89. The molecule has 1 aromatic heterocycles. The Morgan fingerprint density at radius 2 is 0.653 bits per heavy atom. The maximum absolute atomic E-state index is 6.27. The predicted octanol–water partition coefficient (Wildman–Crippen LogP) is 13.8. The summed E-state index contributed by atoms with van der Waals surface area (Å²) in [5, 5.41) is 17.8. The molecule has 0 aliphatic heterocycles. The van der Waals surface area contributed by atoms with Crippen LogP contribution in [0.15, 0.2) is 174 Å². The summed E-state index contributed by atoms with van der Waals surface area (Å²) < 4.78 is 6.27. The molecule has 0 aliphatic rings. The average Bonchev–Trinajstić information content (AvgIpc) is 3.53. The van der Waals surface area contributed by atoms with Crippen molar-refractivity contribution in [3.63, 3.8) is 0 Å². The first-order chi connectivity index (χ1) is 24.3. The standard InChI is InChI=1S/C48H28O/c1-2-10-32-28-46-44(26-31(32)9-1)43-27-34(22-24-45(43)49-46)30-19-17-29(18-20-30)33-21-23-41-42(25-33)37-13-5-8-16-40(37)47-38-14-6-3-11-35(38)36-12-4-7-15-39(36)48(41)47/h1-28H. The van der Waals surface area contributed by atoms with Crippen molar-refractivity contribution in [2.24, 2.45) is 0 Å². The molecule has 0 saturated heterocycles. The molecule has 0 radical (unpaired) electrons. The molecule has 226 valence electrons. The first-order valence-electron chi connectivity index (χ1n) is 16.9. The summed E-state index contributed by atoms with van der Waals surface area (Å²) in [5.41, 5.74) is 6.65. The molecule has 49 heavy (non-hydrogen) atoms. The van der Waals surface area contributed by atoms with E-state index in [4.69, 9.17) is 4.42 Å². The first-order valence-corrected chi connectivity index (χ1v) is 16.9. The molecule has 0 unspecified atom stereocenters. The highest BCUT2D eigenvalue weighted by Gasteiger charge is 2.16. The second-order valence-electron chi connectivity index (χ2n) is 13.2. The van der Waals surface area contributed by atoms with Gasteiger partial charge in [0.25, 0.3) is 0 Å². The van der Waals surface area contributed by atoms with Gasteiger partial charge >= 0.3 is 0 Å². The zero-order valence-corrected chi connectivity index (χ0v) is 26.6. The Hall–Kier alpha value is -6.44. The van der Waals surface area contributed by atoms with Crippen molar-refractivity contribution in [3.05, 3.63) is 170 Å². The van der Waals surface area contributed by atoms with E-state index in [9.17, 15) is 0 Å². The van der Waals surface area contributed by atoms with Gasteiger partial charge in [-0.15, -0.1) is 0 Å². The van der Waals surface area contributed by atoms with Crippen LogP contribution in [0.2, 0.25) is 0 Å². The van der Waals surface area contributed by atoms with Gasteiger partial charge in [-0.2, -0.15) is 0 Å². The van der Waals surface area contributed by atoms with Crippen molar-refractivity contribution >= 4 is 86.6 Å². The van der Waals surface area contributed by atoms with Gasteiger partial charge in [-0.3, -0.25) is 0 Å². The van der Waals surface area contributed by atoms with Crippen LogP contribution in [-0.4, -0.2) is 0 Å². The fraction of sp³-hybridized carbons (Fsp3) is 0. The third-order valence-electron chi connectivity index (χ3n) is 10.6. The predicted molar refractivity (Wildman–Crippen MR) is 210 cm³/mol. The van der Waals surface area contributed by atoms with Crippen LogP contribution in [0.5, 0.6) is 0 Å². The third-order valence-corrected chi connectivity index (χ3v) is 10.6. The lowest BCUT2D eigenvalue weighted by Gasteiger charge is -2.17. The fourth-order valence-electron chi connectivity index (χ4n) is 8.30. The van der Waals surface area contributed by atoms with E-state index < -0.39 is 0 Å². The molecule has 0 fully saturated rings. The summed E-state index contributed by atoms with van der Waals surface area (Å²) in [6.45, 7) is 0.